The first-order chi connectivity index (χ1) is 24.6. The van der Waals surface area contributed by atoms with E-state index in [0.717, 1.165) is 44.9 Å². The Hall–Kier alpha value is -3.32. The van der Waals surface area contributed by atoms with E-state index in [0.29, 0.717) is 62.2 Å². The van der Waals surface area contributed by atoms with Crippen LogP contribution >= 0.6 is 11.6 Å². The van der Waals surface area contributed by atoms with Crippen LogP contribution in [0.15, 0.2) is 53.4 Å². The van der Waals surface area contributed by atoms with Crippen LogP contribution < -0.4 is 14.4 Å². The zero-order valence-corrected chi connectivity index (χ0v) is 30.6. The van der Waals surface area contributed by atoms with Crippen LogP contribution in [-0.4, -0.2) is 89.6 Å². The van der Waals surface area contributed by atoms with Gasteiger partial charge in [-0.15, -0.1) is 0 Å². The van der Waals surface area contributed by atoms with E-state index in [4.69, 9.17) is 30.5 Å². The Balaban J connectivity index is 1.17. The highest BCUT2D eigenvalue weighted by atomic mass is 35.5. The molecule has 1 N–H and O–H groups in total. The molecule has 51 heavy (non-hydrogen) atoms. The van der Waals surface area contributed by atoms with Gasteiger partial charge in [0, 0.05) is 43.1 Å². The van der Waals surface area contributed by atoms with Crippen LogP contribution in [-0.2, 0) is 40.9 Å². The third-order valence-corrected chi connectivity index (χ3v) is 13.8. The van der Waals surface area contributed by atoms with Crippen molar-refractivity contribution in [2.45, 2.75) is 85.8 Å². The number of amides is 2. The van der Waals surface area contributed by atoms with Gasteiger partial charge in [0.05, 0.1) is 36.4 Å². The molecule has 3 fully saturated rings. The summed E-state index contributed by atoms with van der Waals surface area (Å²) in [4.78, 5) is 31.0. The summed E-state index contributed by atoms with van der Waals surface area (Å²) in [6.45, 7) is 2.83. The van der Waals surface area contributed by atoms with Crippen molar-refractivity contribution in [3.8, 4) is 5.75 Å². The number of hydrogen-bond acceptors (Lipinski definition) is 9. The average molecular weight is 740 g/mol. The van der Waals surface area contributed by atoms with Gasteiger partial charge in [-0.2, -0.15) is 0 Å². The molecule has 2 aromatic carbocycles. The summed E-state index contributed by atoms with van der Waals surface area (Å²) in [7, 11) is -2.46. The number of likely N-dealkylation sites (N-methyl/N-ethyl adjacent to an activating group) is 1. The van der Waals surface area contributed by atoms with Crippen LogP contribution in [0.2, 0.25) is 5.02 Å². The number of aryl methyl sites for hydroxylation is 1. The highest BCUT2D eigenvalue weighted by Crippen LogP contribution is 2.47. The Morgan fingerprint density at radius 2 is 1.96 bits per heavy atom. The standard InChI is InChI=1S/C38H46ClN3O8S/c1-41(28-13-18-47-22-28)36(44)50-33-6-3-17-49-38(15-4-16-38)35(43)40-51(45,46)29-9-12-34-32(20-29)42(21-26-7-10-30(26)33)23-37(24-48-34)14-2-5-25-19-27(39)8-11-31(25)37/h3,6,8-9,11-12,19-20,26,28,30,33H,2,4-5,7,10,13-18,21-24H2,1H3,(H,40,43)/b6-3+/t26-,28+,30+,33-,37-/m0/s1. The number of ether oxygens (including phenoxy) is 4. The minimum atomic E-state index is -4.22. The van der Waals surface area contributed by atoms with Crippen LogP contribution in [0.3, 0.4) is 0 Å². The fourth-order valence-corrected chi connectivity index (χ4v) is 10.1. The molecule has 3 aliphatic carbocycles. The van der Waals surface area contributed by atoms with Gasteiger partial charge in [0.15, 0.2) is 0 Å². The quantitative estimate of drug-likeness (QED) is 0.405. The number of fused-ring (bicyclic) bond motifs is 4. The van der Waals surface area contributed by atoms with E-state index in [9.17, 15) is 18.0 Å². The number of halogens is 1. The molecule has 3 heterocycles. The van der Waals surface area contributed by atoms with Crippen molar-refractivity contribution in [1.29, 1.82) is 0 Å². The smallest absolute Gasteiger partial charge is 0.410 e. The Morgan fingerprint density at radius 3 is 2.71 bits per heavy atom. The van der Waals surface area contributed by atoms with Crippen LogP contribution in [0.1, 0.15) is 62.5 Å². The largest absolute Gasteiger partial charge is 0.490 e. The molecule has 8 rings (SSSR count). The molecule has 6 aliphatic rings. The first-order valence-corrected chi connectivity index (χ1v) is 20.1. The second-order valence-electron chi connectivity index (χ2n) is 15.2. The van der Waals surface area contributed by atoms with Crippen molar-refractivity contribution in [2.24, 2.45) is 11.8 Å². The van der Waals surface area contributed by atoms with Crippen molar-refractivity contribution in [1.82, 2.24) is 9.62 Å². The molecule has 0 unspecified atom stereocenters. The lowest BCUT2D eigenvalue weighted by Gasteiger charge is -2.46. The predicted octanol–water partition coefficient (Wildman–Crippen LogP) is 5.38. The van der Waals surface area contributed by atoms with E-state index < -0.39 is 33.7 Å². The van der Waals surface area contributed by atoms with Crippen molar-refractivity contribution < 1.29 is 37.0 Å². The number of hydrogen-bond donors (Lipinski definition) is 1. The van der Waals surface area contributed by atoms with Crippen molar-refractivity contribution in [3.63, 3.8) is 0 Å². The summed E-state index contributed by atoms with van der Waals surface area (Å²) >= 11 is 6.45. The van der Waals surface area contributed by atoms with E-state index in [1.165, 1.54) is 17.2 Å². The molecule has 11 nitrogen and oxygen atoms in total. The van der Waals surface area contributed by atoms with Gasteiger partial charge in [-0.3, -0.25) is 4.79 Å². The van der Waals surface area contributed by atoms with Gasteiger partial charge in [-0.25, -0.2) is 17.9 Å². The lowest BCUT2D eigenvalue weighted by Crippen LogP contribution is -2.55. The highest BCUT2D eigenvalue weighted by Gasteiger charge is 2.48. The maximum Gasteiger partial charge on any atom is 0.410 e. The summed E-state index contributed by atoms with van der Waals surface area (Å²) < 4.78 is 54.4. The van der Waals surface area contributed by atoms with Crippen LogP contribution in [0.4, 0.5) is 10.5 Å². The van der Waals surface area contributed by atoms with Crippen molar-refractivity contribution in [3.05, 3.63) is 64.7 Å². The van der Waals surface area contributed by atoms with Gasteiger partial charge in [0.1, 0.15) is 17.5 Å². The minimum Gasteiger partial charge on any atom is -0.490 e. The highest BCUT2D eigenvalue weighted by molar-refractivity contribution is 7.90. The zero-order valence-electron chi connectivity index (χ0n) is 29.0. The molecule has 2 amide bonds. The Morgan fingerprint density at radius 1 is 1.10 bits per heavy atom. The van der Waals surface area contributed by atoms with Gasteiger partial charge in [-0.05, 0) is 111 Å². The number of sulfonamides is 1. The van der Waals surface area contributed by atoms with Crippen molar-refractivity contribution in [2.75, 3.05) is 51.5 Å². The van der Waals surface area contributed by atoms with E-state index in [1.54, 1.807) is 30.2 Å². The van der Waals surface area contributed by atoms with Gasteiger partial charge in [-0.1, -0.05) is 23.7 Å². The molecule has 274 valence electrons. The number of nitrogens with one attached hydrogen (secondary N) is 1. The van der Waals surface area contributed by atoms with Crippen molar-refractivity contribution >= 4 is 39.3 Å². The summed E-state index contributed by atoms with van der Waals surface area (Å²) in [5.74, 6) is 0.101. The van der Waals surface area contributed by atoms with E-state index in [-0.39, 0.29) is 34.8 Å². The maximum absolute atomic E-state index is 13.8. The molecule has 1 saturated heterocycles. The summed E-state index contributed by atoms with van der Waals surface area (Å²) in [5, 5.41) is 0.705. The lowest BCUT2D eigenvalue weighted by molar-refractivity contribution is -0.155. The summed E-state index contributed by atoms with van der Waals surface area (Å²) in [6, 6.07) is 10.9. The Kier molecular flexibility index (Phi) is 9.26. The first-order valence-electron chi connectivity index (χ1n) is 18.3. The van der Waals surface area contributed by atoms with Gasteiger partial charge < -0.3 is 28.7 Å². The maximum atomic E-state index is 13.8. The SMILES string of the molecule is CN(C(=O)O[C@H]1/C=C/COC2(CCC2)C(=O)NS(=O)(=O)c2ccc3c(c2)N(C[C@@H]2CC[C@H]21)C[C@@]1(CCCc2cc(Cl)ccc21)CO3)[C@@H]1CCOC1. The number of carbonyl (C=O) groups is 2. The number of rotatable bonds is 2. The zero-order chi connectivity index (χ0) is 35.4. The van der Waals surface area contributed by atoms with E-state index >= 15 is 0 Å². The molecule has 2 bridgehead atoms. The number of carbonyl (C=O) groups excluding carboxylic acids is 2. The molecule has 0 aromatic heterocycles. The number of nitrogens with zero attached hydrogens (tertiary/aromatic N) is 2. The monoisotopic (exact) mass is 739 g/mol. The number of anilines is 1. The summed E-state index contributed by atoms with van der Waals surface area (Å²) in [5.41, 5.74) is 1.50. The average Bonchev–Trinajstić information content (AvgIpc) is 3.57. The molecular weight excluding hydrogens is 694 g/mol. The Labute approximate surface area is 304 Å². The number of benzene rings is 2. The lowest BCUT2D eigenvalue weighted by atomic mass is 9.68. The predicted molar refractivity (Wildman–Crippen MR) is 191 cm³/mol. The fourth-order valence-electron chi connectivity index (χ4n) is 8.85. The fraction of sp³-hybridized carbons (Fsp3) is 0.579. The summed E-state index contributed by atoms with van der Waals surface area (Å²) in [6.07, 6.45) is 9.76. The molecule has 3 aliphatic heterocycles. The van der Waals surface area contributed by atoms with Gasteiger partial charge in [0.2, 0.25) is 0 Å². The third-order valence-electron chi connectivity index (χ3n) is 12.2. The second kappa shape index (κ2) is 13.6. The second-order valence-corrected chi connectivity index (χ2v) is 17.4. The van der Waals surface area contributed by atoms with Crippen LogP contribution in [0, 0.1) is 11.8 Å². The molecule has 2 saturated carbocycles. The topological polar surface area (TPSA) is 124 Å². The Bertz CT molecular complexity index is 1830. The molecule has 13 heteroatoms. The molecule has 5 atom stereocenters. The van der Waals surface area contributed by atoms with Crippen LogP contribution in [0.25, 0.3) is 0 Å². The minimum absolute atomic E-state index is 0.00710. The third kappa shape index (κ3) is 6.51. The molecule has 2 spiro atoms. The van der Waals surface area contributed by atoms with E-state index in [2.05, 4.69) is 21.8 Å². The van der Waals surface area contributed by atoms with Crippen LogP contribution in [0.5, 0.6) is 5.75 Å². The molecule has 2 aromatic rings. The van der Waals surface area contributed by atoms with Gasteiger partial charge in [0.25, 0.3) is 15.9 Å². The molecular formula is C38H46ClN3O8S. The first kappa shape index (κ1) is 34.7. The normalized spacial score (nSPS) is 31.5. The van der Waals surface area contributed by atoms with Gasteiger partial charge >= 0.3 is 6.09 Å². The molecule has 0 radical (unpaired) electrons. The van der Waals surface area contributed by atoms with E-state index in [1.807, 2.05) is 12.1 Å².